The summed E-state index contributed by atoms with van der Waals surface area (Å²) in [6.07, 6.45) is 3.24. The summed E-state index contributed by atoms with van der Waals surface area (Å²) in [6, 6.07) is 5.12. The summed E-state index contributed by atoms with van der Waals surface area (Å²) < 4.78 is 28.0. The summed E-state index contributed by atoms with van der Waals surface area (Å²) in [5.41, 5.74) is -0.489. The maximum absolute atomic E-state index is 13.4. The Bertz CT molecular complexity index is 959. The highest BCUT2D eigenvalue weighted by molar-refractivity contribution is 5.99. The van der Waals surface area contributed by atoms with Crippen LogP contribution in [-0.4, -0.2) is 43.4 Å². The summed E-state index contributed by atoms with van der Waals surface area (Å²) in [5.74, 6) is 1.10. The monoisotopic (exact) mass is 370 g/mol. The molecule has 7 heteroatoms. The maximum Gasteiger partial charge on any atom is 0.181 e. The van der Waals surface area contributed by atoms with Crippen LogP contribution in [0.1, 0.15) is 28.9 Å². The van der Waals surface area contributed by atoms with Crippen LogP contribution < -0.4 is 14.2 Å². The molecule has 0 radical (unpaired) electrons. The number of rotatable bonds is 2. The highest BCUT2D eigenvalue weighted by Crippen LogP contribution is 2.52. The molecule has 0 bridgehead atoms. The Kier molecular flexibility index (Phi) is 3.41. The standard InChI is InChI=1S/C20H18O7/c1-23-14-7-11-13(8-15(14)24-2)26-9-16-17(11)18(21)20(22)5-3-12-10(4-6-25-12)19(20)27-16/h3-8,16-17,19,22H,9H2,1-2H3/t16?,17?,19?,20-/m1/s1. The number of furan rings is 1. The van der Waals surface area contributed by atoms with Crippen LogP contribution in [0, 0.1) is 0 Å². The third-order valence-electron chi connectivity index (χ3n) is 5.51. The molecule has 2 aliphatic heterocycles. The van der Waals surface area contributed by atoms with E-state index in [-0.39, 0.29) is 12.4 Å². The van der Waals surface area contributed by atoms with E-state index < -0.39 is 23.7 Å². The molecule has 0 spiro atoms. The van der Waals surface area contributed by atoms with Crippen molar-refractivity contribution >= 4 is 11.9 Å². The zero-order valence-corrected chi connectivity index (χ0v) is 14.8. The Morgan fingerprint density at radius 1 is 1.19 bits per heavy atom. The fourth-order valence-corrected chi connectivity index (χ4v) is 4.16. The molecule has 3 unspecified atom stereocenters. The van der Waals surface area contributed by atoms with Gasteiger partial charge in [-0.1, -0.05) is 0 Å². The van der Waals surface area contributed by atoms with Gasteiger partial charge in [-0.05, 0) is 24.3 Å². The van der Waals surface area contributed by atoms with Crippen LogP contribution in [-0.2, 0) is 9.53 Å². The average Bonchev–Trinajstić information content (AvgIpc) is 3.16. The highest BCUT2D eigenvalue weighted by Gasteiger charge is 2.58. The first-order chi connectivity index (χ1) is 13.1. The highest BCUT2D eigenvalue weighted by atomic mass is 16.6. The maximum atomic E-state index is 13.4. The first-order valence-corrected chi connectivity index (χ1v) is 8.64. The van der Waals surface area contributed by atoms with Crippen LogP contribution in [0.3, 0.4) is 0 Å². The van der Waals surface area contributed by atoms with Crippen molar-refractivity contribution in [3.05, 3.63) is 47.4 Å². The summed E-state index contributed by atoms with van der Waals surface area (Å²) in [6.45, 7) is 0.197. The van der Waals surface area contributed by atoms with E-state index >= 15 is 0 Å². The number of methoxy groups -OCH3 is 2. The minimum Gasteiger partial charge on any atom is -0.493 e. The van der Waals surface area contributed by atoms with Gasteiger partial charge in [0, 0.05) is 17.2 Å². The second kappa shape index (κ2) is 5.61. The van der Waals surface area contributed by atoms with E-state index in [0.717, 1.165) is 0 Å². The fourth-order valence-electron chi connectivity index (χ4n) is 4.16. The average molecular weight is 370 g/mol. The number of carbonyl (C=O) groups is 1. The SMILES string of the molecule is COc1cc2c(cc1OC)C1C(=O)[C@]3(O)C=Cc4occc4C3OC1CO2. The van der Waals surface area contributed by atoms with E-state index in [1.54, 1.807) is 24.3 Å². The molecule has 1 aromatic heterocycles. The number of ether oxygens (including phenoxy) is 4. The Labute approximate surface area is 155 Å². The first-order valence-electron chi connectivity index (χ1n) is 8.64. The van der Waals surface area contributed by atoms with Gasteiger partial charge in [0.05, 0.1) is 26.4 Å². The number of Topliss-reactive ketones (excluding diaryl/α,β-unsaturated/α-hetero) is 1. The molecule has 0 saturated carbocycles. The van der Waals surface area contributed by atoms with Gasteiger partial charge in [0.25, 0.3) is 0 Å². The lowest BCUT2D eigenvalue weighted by molar-refractivity contribution is -0.187. The lowest BCUT2D eigenvalue weighted by Crippen LogP contribution is -2.57. The second-order valence-corrected chi connectivity index (χ2v) is 6.85. The number of ketones is 1. The van der Waals surface area contributed by atoms with Gasteiger partial charge in [-0.3, -0.25) is 4.79 Å². The van der Waals surface area contributed by atoms with E-state index in [9.17, 15) is 9.90 Å². The predicted molar refractivity (Wildman–Crippen MR) is 93.1 cm³/mol. The van der Waals surface area contributed by atoms with Crippen LogP contribution >= 0.6 is 0 Å². The zero-order chi connectivity index (χ0) is 18.8. The van der Waals surface area contributed by atoms with Crippen molar-refractivity contribution in [1.82, 2.24) is 0 Å². The van der Waals surface area contributed by atoms with Crippen LogP contribution in [0.15, 0.2) is 35.0 Å². The van der Waals surface area contributed by atoms with Crippen LogP contribution in [0.4, 0.5) is 0 Å². The molecule has 3 aliphatic rings. The number of hydrogen-bond donors (Lipinski definition) is 1. The molecule has 1 aliphatic carbocycles. The van der Waals surface area contributed by atoms with Gasteiger partial charge in [0.1, 0.15) is 30.3 Å². The van der Waals surface area contributed by atoms with E-state index in [1.165, 1.54) is 26.6 Å². The molecular formula is C20H18O7. The first kappa shape index (κ1) is 16.4. The smallest absolute Gasteiger partial charge is 0.181 e. The van der Waals surface area contributed by atoms with Gasteiger partial charge in [0.15, 0.2) is 22.9 Å². The molecule has 5 rings (SSSR count). The Morgan fingerprint density at radius 2 is 1.96 bits per heavy atom. The molecule has 140 valence electrons. The van der Waals surface area contributed by atoms with Gasteiger partial charge < -0.3 is 28.5 Å². The number of aliphatic hydroxyl groups is 1. The Hall–Kier alpha value is -2.77. The molecule has 1 fully saturated rings. The van der Waals surface area contributed by atoms with Crippen LogP contribution in [0.25, 0.3) is 6.08 Å². The van der Waals surface area contributed by atoms with Gasteiger partial charge >= 0.3 is 0 Å². The van der Waals surface area contributed by atoms with Crippen molar-refractivity contribution in [3.63, 3.8) is 0 Å². The number of benzene rings is 1. The minimum atomic E-state index is -1.76. The van der Waals surface area contributed by atoms with Gasteiger partial charge in [0.2, 0.25) is 0 Å². The normalized spacial score (nSPS) is 30.5. The second-order valence-electron chi connectivity index (χ2n) is 6.85. The molecule has 27 heavy (non-hydrogen) atoms. The van der Waals surface area contributed by atoms with Crippen molar-refractivity contribution in [2.24, 2.45) is 0 Å². The molecule has 0 amide bonds. The molecule has 4 atom stereocenters. The van der Waals surface area contributed by atoms with Crippen LogP contribution in [0.2, 0.25) is 0 Å². The summed E-state index contributed by atoms with van der Waals surface area (Å²) in [7, 11) is 3.06. The Morgan fingerprint density at radius 3 is 2.74 bits per heavy atom. The largest absolute Gasteiger partial charge is 0.493 e. The minimum absolute atomic E-state index is 0.197. The fraction of sp³-hybridized carbons (Fsp3) is 0.350. The quantitative estimate of drug-likeness (QED) is 0.867. The zero-order valence-electron chi connectivity index (χ0n) is 14.8. The summed E-state index contributed by atoms with van der Waals surface area (Å²) in [5, 5.41) is 11.2. The predicted octanol–water partition coefficient (Wildman–Crippen LogP) is 2.24. The van der Waals surface area contributed by atoms with E-state index in [0.29, 0.717) is 34.1 Å². The Balaban J connectivity index is 1.62. The lowest BCUT2D eigenvalue weighted by Gasteiger charge is -2.47. The lowest BCUT2D eigenvalue weighted by atomic mass is 9.71. The molecule has 2 aromatic rings. The van der Waals surface area contributed by atoms with Crippen molar-refractivity contribution in [2.45, 2.75) is 23.7 Å². The molecule has 7 nitrogen and oxygen atoms in total. The molecule has 1 N–H and O–H groups in total. The van der Waals surface area contributed by atoms with E-state index in [2.05, 4.69) is 0 Å². The topological polar surface area (TPSA) is 87.4 Å². The number of carbonyl (C=O) groups excluding carboxylic acids is 1. The third-order valence-corrected chi connectivity index (χ3v) is 5.51. The van der Waals surface area contributed by atoms with E-state index in [1.807, 2.05) is 0 Å². The van der Waals surface area contributed by atoms with Gasteiger partial charge in [-0.25, -0.2) is 0 Å². The molecule has 1 aromatic carbocycles. The molecular weight excluding hydrogens is 352 g/mol. The van der Waals surface area contributed by atoms with Crippen molar-refractivity contribution in [1.29, 1.82) is 0 Å². The van der Waals surface area contributed by atoms with Crippen molar-refractivity contribution in [2.75, 3.05) is 20.8 Å². The number of fused-ring (bicyclic) bond motifs is 6. The van der Waals surface area contributed by atoms with Crippen LogP contribution in [0.5, 0.6) is 17.2 Å². The van der Waals surface area contributed by atoms with Crippen molar-refractivity contribution < 1.29 is 33.3 Å². The van der Waals surface area contributed by atoms with Gasteiger partial charge in [-0.15, -0.1) is 0 Å². The summed E-state index contributed by atoms with van der Waals surface area (Å²) >= 11 is 0. The van der Waals surface area contributed by atoms with E-state index in [4.69, 9.17) is 23.4 Å². The number of hydrogen-bond acceptors (Lipinski definition) is 7. The molecule has 1 saturated heterocycles. The summed E-state index contributed by atoms with van der Waals surface area (Å²) in [4.78, 5) is 13.4. The molecule has 3 heterocycles. The third kappa shape index (κ3) is 2.12. The van der Waals surface area contributed by atoms with Gasteiger partial charge in [-0.2, -0.15) is 0 Å². The van der Waals surface area contributed by atoms with Crippen molar-refractivity contribution in [3.8, 4) is 17.2 Å².